The van der Waals surface area contributed by atoms with E-state index in [2.05, 4.69) is 27.9 Å². The second kappa shape index (κ2) is 24.7. The Morgan fingerprint density at radius 3 is 1.90 bits per heavy atom. The molecule has 1 rings (SSSR count). The van der Waals surface area contributed by atoms with Crippen molar-refractivity contribution in [3.05, 3.63) is 11.9 Å². The summed E-state index contributed by atoms with van der Waals surface area (Å²) in [5.41, 5.74) is -0.361. The summed E-state index contributed by atoms with van der Waals surface area (Å²) < 4.78 is 17.9. The molecule has 1 aromatic heterocycles. The van der Waals surface area contributed by atoms with Crippen molar-refractivity contribution in [3.8, 4) is 0 Å². The molecule has 0 unspecified atom stereocenters. The Morgan fingerprint density at radius 1 is 0.812 bits per heavy atom. The van der Waals surface area contributed by atoms with E-state index in [0.717, 1.165) is 18.7 Å². The highest BCUT2D eigenvalue weighted by molar-refractivity contribution is 7.99. The number of thioether (sulfide) groups is 1. The van der Waals surface area contributed by atoms with E-state index in [1.807, 2.05) is 31.6 Å². The molecule has 1 aromatic rings. The van der Waals surface area contributed by atoms with E-state index in [-0.39, 0.29) is 12.4 Å². The Balaban J connectivity index is 2.43. The normalized spacial score (nSPS) is 13.2. The van der Waals surface area contributed by atoms with Crippen LogP contribution in [0.3, 0.4) is 0 Å². The number of esters is 1. The Kier molecular flexibility index (Phi) is 22.5. The number of unbranched alkanes of at least 4 members (excludes halogenated alkanes) is 13. The van der Waals surface area contributed by atoms with Gasteiger partial charge in [-0.25, -0.2) is 9.59 Å². The summed E-state index contributed by atoms with van der Waals surface area (Å²) in [5, 5.41) is 13.9. The molecule has 0 radical (unpaired) electrons. The van der Waals surface area contributed by atoms with Gasteiger partial charge in [0.1, 0.15) is 11.6 Å². The van der Waals surface area contributed by atoms with Crippen molar-refractivity contribution in [2.24, 2.45) is 0 Å². The molecule has 0 aromatic carbocycles. The van der Waals surface area contributed by atoms with Gasteiger partial charge in [0.15, 0.2) is 6.04 Å². The first-order valence-electron chi connectivity index (χ1n) is 18.2. The van der Waals surface area contributed by atoms with Crippen LogP contribution in [-0.2, 0) is 36.8 Å². The average Bonchev–Trinajstić information content (AvgIpc) is 3.46. The molecule has 2 N–H and O–H groups in total. The number of hydrogen-bond donors (Lipinski definition) is 2. The van der Waals surface area contributed by atoms with Gasteiger partial charge in [0, 0.05) is 24.9 Å². The van der Waals surface area contributed by atoms with Gasteiger partial charge in [0.2, 0.25) is 5.91 Å². The summed E-state index contributed by atoms with van der Waals surface area (Å²) in [4.78, 5) is 38.2. The number of aryl methyl sites for hydroxylation is 2. The van der Waals surface area contributed by atoms with Gasteiger partial charge in [-0.15, -0.1) is 5.10 Å². The zero-order valence-electron chi connectivity index (χ0n) is 31.4. The van der Waals surface area contributed by atoms with E-state index < -0.39 is 41.3 Å². The van der Waals surface area contributed by atoms with Gasteiger partial charge in [0.05, 0.1) is 25.0 Å². The molecule has 0 aliphatic heterocycles. The lowest BCUT2D eigenvalue weighted by Crippen LogP contribution is -2.55. The van der Waals surface area contributed by atoms with E-state index >= 15 is 0 Å². The largest absolute Gasteiger partial charge is 0.467 e. The highest BCUT2D eigenvalue weighted by Crippen LogP contribution is 2.14. The fourth-order valence-electron chi connectivity index (χ4n) is 4.96. The topological polar surface area (TPSA) is 134 Å². The van der Waals surface area contributed by atoms with Gasteiger partial charge >= 0.3 is 12.1 Å². The third kappa shape index (κ3) is 23.1. The summed E-state index contributed by atoms with van der Waals surface area (Å²) in [6.45, 7) is 13.9. The third-order valence-corrected chi connectivity index (χ3v) is 8.67. The molecule has 2 amide bonds. The lowest BCUT2D eigenvalue weighted by Gasteiger charge is -2.26. The zero-order chi connectivity index (χ0) is 35.8. The number of amides is 2. The molecule has 0 bridgehead atoms. The van der Waals surface area contributed by atoms with Gasteiger partial charge < -0.3 is 24.8 Å². The number of alkyl carbamates (subject to hydrolysis) is 1. The standard InChI is InChI=1S/C36H67N5O6S/c1-9-10-11-12-13-14-15-16-17-18-19-20-21-22-24-41-26-29(39-40-41)23-25-48-28-31(38-34(44)47-36(5,6)7)32(42)37-30(33(43)45-8)27-46-35(2,3)4/h26,30-31H,9-25,27-28H2,1-8H3,(H,37,42)(H,38,44)/t30-,31-/m0/s1. The number of carbonyl (C=O) groups excluding carboxylic acids is 3. The van der Waals surface area contributed by atoms with E-state index in [1.54, 1.807) is 20.8 Å². The fourth-order valence-corrected chi connectivity index (χ4v) is 5.95. The molecular formula is C36H67N5O6S. The van der Waals surface area contributed by atoms with Crippen LogP contribution in [0.1, 0.15) is 144 Å². The van der Waals surface area contributed by atoms with Crippen LogP contribution < -0.4 is 10.6 Å². The van der Waals surface area contributed by atoms with Crippen LogP contribution in [0.15, 0.2) is 6.20 Å². The van der Waals surface area contributed by atoms with Gasteiger partial charge in [-0.2, -0.15) is 11.8 Å². The zero-order valence-corrected chi connectivity index (χ0v) is 32.2. The molecule has 0 saturated heterocycles. The van der Waals surface area contributed by atoms with Crippen molar-refractivity contribution in [2.45, 2.75) is 175 Å². The maximum Gasteiger partial charge on any atom is 0.408 e. The van der Waals surface area contributed by atoms with Crippen molar-refractivity contribution in [1.29, 1.82) is 0 Å². The van der Waals surface area contributed by atoms with Crippen LogP contribution >= 0.6 is 11.8 Å². The molecule has 11 nitrogen and oxygen atoms in total. The number of methoxy groups -OCH3 is 1. The van der Waals surface area contributed by atoms with Gasteiger partial charge in [-0.05, 0) is 53.7 Å². The number of nitrogens with zero attached hydrogens (tertiary/aromatic N) is 3. The van der Waals surface area contributed by atoms with E-state index in [4.69, 9.17) is 14.2 Å². The average molecular weight is 698 g/mol. The molecule has 1 heterocycles. The third-order valence-electron chi connectivity index (χ3n) is 7.61. The lowest BCUT2D eigenvalue weighted by molar-refractivity contribution is -0.148. The second-order valence-corrected chi connectivity index (χ2v) is 15.8. The smallest absolute Gasteiger partial charge is 0.408 e. The van der Waals surface area contributed by atoms with Crippen LogP contribution in [-0.4, -0.2) is 81.5 Å². The SMILES string of the molecule is CCCCCCCCCCCCCCCCn1cc(CCSC[C@H](NC(=O)OC(C)(C)C)C(=O)N[C@@H](COC(C)(C)C)C(=O)OC)nn1. The summed E-state index contributed by atoms with van der Waals surface area (Å²) in [5.74, 6) is -0.217. The fraction of sp³-hybridized carbons (Fsp3) is 0.861. The van der Waals surface area contributed by atoms with Crippen LogP contribution in [0, 0.1) is 0 Å². The van der Waals surface area contributed by atoms with E-state index in [1.165, 1.54) is 102 Å². The molecule has 0 aliphatic carbocycles. The summed E-state index contributed by atoms with van der Waals surface area (Å²) in [7, 11) is 1.25. The molecule has 48 heavy (non-hydrogen) atoms. The maximum absolute atomic E-state index is 13.3. The highest BCUT2D eigenvalue weighted by Gasteiger charge is 2.30. The number of rotatable bonds is 26. The first-order chi connectivity index (χ1) is 22.7. The first kappa shape index (κ1) is 43.7. The number of nitrogens with one attached hydrogen (secondary N) is 2. The number of hydrogen-bond acceptors (Lipinski definition) is 9. The van der Waals surface area contributed by atoms with E-state index in [9.17, 15) is 14.4 Å². The molecule has 0 aliphatic rings. The summed E-state index contributed by atoms with van der Waals surface area (Å²) in [6, 6.07) is -1.97. The van der Waals surface area contributed by atoms with Crippen molar-refractivity contribution < 1.29 is 28.6 Å². The summed E-state index contributed by atoms with van der Waals surface area (Å²) >= 11 is 1.50. The van der Waals surface area contributed by atoms with Crippen molar-refractivity contribution in [3.63, 3.8) is 0 Å². The van der Waals surface area contributed by atoms with Crippen molar-refractivity contribution in [1.82, 2.24) is 25.6 Å². The molecule has 0 spiro atoms. The highest BCUT2D eigenvalue weighted by atomic mass is 32.2. The number of ether oxygens (including phenoxy) is 3. The maximum atomic E-state index is 13.3. The molecular weight excluding hydrogens is 630 g/mol. The minimum absolute atomic E-state index is 0.0662. The first-order valence-corrected chi connectivity index (χ1v) is 19.4. The Bertz CT molecular complexity index is 1020. The molecule has 278 valence electrons. The Morgan fingerprint density at radius 2 is 1.38 bits per heavy atom. The predicted molar refractivity (Wildman–Crippen MR) is 194 cm³/mol. The lowest BCUT2D eigenvalue weighted by atomic mass is 10.0. The van der Waals surface area contributed by atoms with Crippen molar-refractivity contribution >= 4 is 29.7 Å². The van der Waals surface area contributed by atoms with Crippen LogP contribution in [0.2, 0.25) is 0 Å². The summed E-state index contributed by atoms with van der Waals surface area (Å²) in [6.07, 6.45) is 20.6. The van der Waals surface area contributed by atoms with Crippen LogP contribution in [0.5, 0.6) is 0 Å². The van der Waals surface area contributed by atoms with Gasteiger partial charge in [0.25, 0.3) is 0 Å². The quantitative estimate of drug-likeness (QED) is 0.0750. The minimum atomic E-state index is -1.02. The molecule has 12 heteroatoms. The van der Waals surface area contributed by atoms with Crippen LogP contribution in [0.25, 0.3) is 0 Å². The monoisotopic (exact) mass is 697 g/mol. The van der Waals surface area contributed by atoms with Gasteiger partial charge in [-0.3, -0.25) is 9.48 Å². The minimum Gasteiger partial charge on any atom is -0.467 e. The van der Waals surface area contributed by atoms with Gasteiger partial charge in [-0.1, -0.05) is 95.6 Å². The Hall–Kier alpha value is -2.34. The number of carbonyl (C=O) groups is 3. The predicted octanol–water partition coefficient (Wildman–Crippen LogP) is 7.40. The van der Waals surface area contributed by atoms with Crippen LogP contribution in [0.4, 0.5) is 4.79 Å². The molecule has 0 saturated carbocycles. The number of aromatic nitrogens is 3. The molecule has 2 atom stereocenters. The Labute approximate surface area is 295 Å². The molecule has 0 fully saturated rings. The van der Waals surface area contributed by atoms with E-state index in [0.29, 0.717) is 12.2 Å². The van der Waals surface area contributed by atoms with Crippen molar-refractivity contribution in [2.75, 3.05) is 25.2 Å². The second-order valence-electron chi connectivity index (χ2n) is 14.6.